The Kier molecular flexibility index (Phi) is 5.77. The van der Waals surface area contributed by atoms with E-state index in [1.165, 1.54) is 0 Å². The van der Waals surface area contributed by atoms with E-state index in [1.807, 2.05) is 103 Å². The summed E-state index contributed by atoms with van der Waals surface area (Å²) in [5.41, 5.74) is 6.87. The highest BCUT2D eigenvalue weighted by molar-refractivity contribution is 6.21. The molecule has 0 radical (unpaired) electrons. The van der Waals surface area contributed by atoms with Crippen LogP contribution in [-0.2, 0) is 0 Å². The van der Waals surface area contributed by atoms with Gasteiger partial charge in [-0.2, -0.15) is 0 Å². The Morgan fingerprint density at radius 2 is 0.938 bits per heavy atom. The average Bonchev–Trinajstić information content (AvgIpc) is 3.76. The standard InChI is InChI=1S/C42H24N4O2/c1-4-10-25(11-5-1)39-44-40(26-12-6-2-7-13-26)46-41(45-39)30-18-19-31-28(22-30)16-17-29-23-36-33(24-32(29)31)37-34(47-36)20-21-35-38(37)43-42(48-35)27-14-8-3-9-15-27/h1-24H. The summed E-state index contributed by atoms with van der Waals surface area (Å²) in [6.45, 7) is 0. The SMILES string of the molecule is c1ccc(-c2nc(-c3ccccc3)nc(-c3ccc4c(ccc5cc6oc7ccc8oc(-c9ccccc9)nc8c7c6cc54)c3)n2)cc1. The van der Waals surface area contributed by atoms with Gasteiger partial charge in [-0.3, -0.25) is 0 Å². The van der Waals surface area contributed by atoms with Crippen molar-refractivity contribution in [1.82, 2.24) is 19.9 Å². The number of aromatic nitrogens is 4. The van der Waals surface area contributed by atoms with Crippen LogP contribution in [0.3, 0.4) is 0 Å². The minimum Gasteiger partial charge on any atom is -0.456 e. The molecule has 224 valence electrons. The zero-order valence-corrected chi connectivity index (χ0v) is 25.5. The minimum absolute atomic E-state index is 0.593. The number of furan rings is 1. The Labute approximate surface area is 274 Å². The van der Waals surface area contributed by atoms with Gasteiger partial charge in [0.05, 0.1) is 5.39 Å². The number of oxazole rings is 1. The lowest BCUT2D eigenvalue weighted by atomic mass is 9.98. The molecule has 0 amide bonds. The van der Waals surface area contributed by atoms with Gasteiger partial charge < -0.3 is 8.83 Å². The zero-order valence-electron chi connectivity index (χ0n) is 25.5. The van der Waals surface area contributed by atoms with Gasteiger partial charge in [0.25, 0.3) is 0 Å². The van der Waals surface area contributed by atoms with E-state index in [9.17, 15) is 0 Å². The van der Waals surface area contributed by atoms with Crippen LogP contribution in [0.1, 0.15) is 0 Å². The maximum atomic E-state index is 6.36. The molecule has 0 N–H and O–H groups in total. The Bertz CT molecular complexity index is 2770. The van der Waals surface area contributed by atoms with Crippen LogP contribution >= 0.6 is 0 Å². The van der Waals surface area contributed by atoms with Gasteiger partial charge in [-0.15, -0.1) is 0 Å². The highest BCUT2D eigenvalue weighted by Gasteiger charge is 2.18. The van der Waals surface area contributed by atoms with Crippen molar-refractivity contribution in [1.29, 1.82) is 0 Å². The molecule has 3 aromatic heterocycles. The molecule has 0 aliphatic heterocycles. The molecular formula is C42H24N4O2. The molecule has 6 heteroatoms. The molecule has 0 saturated carbocycles. The predicted octanol–water partition coefficient (Wildman–Crippen LogP) is 10.9. The number of hydrogen-bond acceptors (Lipinski definition) is 6. The topological polar surface area (TPSA) is 77.8 Å². The third-order valence-electron chi connectivity index (χ3n) is 8.93. The second-order valence-corrected chi connectivity index (χ2v) is 11.9. The van der Waals surface area contributed by atoms with Crippen LogP contribution in [0.25, 0.3) is 100 Å². The first kappa shape index (κ1) is 26.5. The van der Waals surface area contributed by atoms with E-state index in [0.717, 1.165) is 76.8 Å². The molecule has 10 rings (SSSR count). The highest BCUT2D eigenvalue weighted by Crippen LogP contribution is 2.40. The van der Waals surface area contributed by atoms with Crippen molar-refractivity contribution in [2.24, 2.45) is 0 Å². The highest BCUT2D eigenvalue weighted by atomic mass is 16.4. The zero-order chi connectivity index (χ0) is 31.6. The molecule has 6 nitrogen and oxygen atoms in total. The summed E-state index contributed by atoms with van der Waals surface area (Å²) in [6.07, 6.45) is 0. The molecule has 0 saturated heterocycles. The molecular weight excluding hydrogens is 592 g/mol. The fourth-order valence-corrected chi connectivity index (χ4v) is 6.59. The Morgan fingerprint density at radius 3 is 1.60 bits per heavy atom. The Hall–Kier alpha value is -6.66. The van der Waals surface area contributed by atoms with Crippen LogP contribution < -0.4 is 0 Å². The summed E-state index contributed by atoms with van der Waals surface area (Å²) in [7, 11) is 0. The first-order chi connectivity index (χ1) is 23.7. The lowest BCUT2D eigenvalue weighted by Crippen LogP contribution is -2.00. The van der Waals surface area contributed by atoms with Crippen LogP contribution in [0.15, 0.2) is 154 Å². The smallest absolute Gasteiger partial charge is 0.227 e. The van der Waals surface area contributed by atoms with Crippen molar-refractivity contribution < 1.29 is 8.83 Å². The van der Waals surface area contributed by atoms with Crippen LogP contribution in [0.4, 0.5) is 0 Å². The van der Waals surface area contributed by atoms with Gasteiger partial charge in [-0.05, 0) is 64.0 Å². The van der Waals surface area contributed by atoms with Gasteiger partial charge in [0, 0.05) is 27.6 Å². The van der Waals surface area contributed by atoms with E-state index in [0.29, 0.717) is 23.4 Å². The molecule has 0 bridgehead atoms. The number of benzene rings is 7. The summed E-state index contributed by atoms with van der Waals surface area (Å²) >= 11 is 0. The molecule has 0 unspecified atom stereocenters. The van der Waals surface area contributed by atoms with Crippen LogP contribution in [-0.4, -0.2) is 19.9 Å². The van der Waals surface area contributed by atoms with Crippen LogP contribution in [0.2, 0.25) is 0 Å². The lowest BCUT2D eigenvalue weighted by molar-refractivity contribution is 0.619. The second kappa shape index (κ2) is 10.4. The molecule has 3 heterocycles. The fraction of sp³-hybridized carbons (Fsp3) is 0. The average molecular weight is 617 g/mol. The first-order valence-corrected chi connectivity index (χ1v) is 15.8. The largest absolute Gasteiger partial charge is 0.456 e. The normalized spacial score (nSPS) is 11.8. The number of nitrogens with zero attached hydrogens (tertiary/aromatic N) is 4. The van der Waals surface area contributed by atoms with Gasteiger partial charge in [0.15, 0.2) is 23.1 Å². The van der Waals surface area contributed by atoms with Gasteiger partial charge in [0.1, 0.15) is 16.7 Å². The molecule has 0 aliphatic rings. The quantitative estimate of drug-likeness (QED) is 0.183. The van der Waals surface area contributed by atoms with Gasteiger partial charge in [0.2, 0.25) is 5.89 Å². The van der Waals surface area contributed by atoms with Crippen molar-refractivity contribution in [3.63, 3.8) is 0 Å². The summed E-state index contributed by atoms with van der Waals surface area (Å²) in [5, 5.41) is 6.41. The molecule has 0 fully saturated rings. The number of rotatable bonds is 4. The lowest BCUT2D eigenvalue weighted by Gasteiger charge is -2.10. The number of fused-ring (bicyclic) bond motifs is 8. The first-order valence-electron chi connectivity index (χ1n) is 15.8. The Morgan fingerprint density at radius 1 is 0.354 bits per heavy atom. The van der Waals surface area contributed by atoms with E-state index >= 15 is 0 Å². The van der Waals surface area contributed by atoms with Crippen molar-refractivity contribution in [3.8, 4) is 45.6 Å². The minimum atomic E-state index is 0.593. The summed E-state index contributed by atoms with van der Waals surface area (Å²) in [4.78, 5) is 19.7. The van der Waals surface area contributed by atoms with E-state index in [2.05, 4.69) is 42.5 Å². The third kappa shape index (κ3) is 4.27. The molecule has 0 atom stereocenters. The second-order valence-electron chi connectivity index (χ2n) is 11.9. The van der Waals surface area contributed by atoms with E-state index < -0.39 is 0 Å². The molecule has 0 spiro atoms. The van der Waals surface area contributed by atoms with Gasteiger partial charge in [-0.25, -0.2) is 19.9 Å². The predicted molar refractivity (Wildman–Crippen MR) is 191 cm³/mol. The van der Waals surface area contributed by atoms with Crippen LogP contribution in [0.5, 0.6) is 0 Å². The van der Waals surface area contributed by atoms with Gasteiger partial charge in [-0.1, -0.05) is 103 Å². The summed E-state index contributed by atoms with van der Waals surface area (Å²) in [6, 6.07) is 49.0. The molecule has 48 heavy (non-hydrogen) atoms. The van der Waals surface area contributed by atoms with Crippen molar-refractivity contribution in [2.75, 3.05) is 0 Å². The van der Waals surface area contributed by atoms with E-state index in [-0.39, 0.29) is 0 Å². The fourth-order valence-electron chi connectivity index (χ4n) is 6.59. The summed E-state index contributed by atoms with van der Waals surface area (Å²) < 4.78 is 12.6. The Balaban J connectivity index is 1.14. The van der Waals surface area contributed by atoms with Crippen molar-refractivity contribution in [2.45, 2.75) is 0 Å². The maximum Gasteiger partial charge on any atom is 0.227 e. The molecule has 7 aromatic carbocycles. The molecule has 10 aromatic rings. The van der Waals surface area contributed by atoms with Gasteiger partial charge >= 0.3 is 0 Å². The monoisotopic (exact) mass is 616 g/mol. The van der Waals surface area contributed by atoms with E-state index in [1.54, 1.807) is 0 Å². The molecule has 0 aliphatic carbocycles. The third-order valence-corrected chi connectivity index (χ3v) is 8.93. The summed E-state index contributed by atoms with van der Waals surface area (Å²) in [5.74, 6) is 2.50. The van der Waals surface area contributed by atoms with Crippen molar-refractivity contribution >= 4 is 54.6 Å². The van der Waals surface area contributed by atoms with E-state index in [4.69, 9.17) is 28.8 Å². The van der Waals surface area contributed by atoms with Crippen molar-refractivity contribution in [3.05, 3.63) is 146 Å². The maximum absolute atomic E-state index is 6.36. The van der Waals surface area contributed by atoms with Crippen LogP contribution in [0, 0.1) is 0 Å². The number of hydrogen-bond donors (Lipinski definition) is 0.